The normalized spacial score (nSPS) is 12.6. The molecule has 0 aliphatic rings. The molecule has 0 aliphatic carbocycles. The van der Waals surface area contributed by atoms with Crippen LogP contribution in [-0.4, -0.2) is 74.0 Å². The van der Waals surface area contributed by atoms with Gasteiger partial charge in [0.15, 0.2) is 6.54 Å². The fraction of sp³-hybridized carbons (Fsp3) is 0.267. The van der Waals surface area contributed by atoms with Crippen molar-refractivity contribution in [1.29, 1.82) is 5.41 Å². The molecule has 1 amide bonds. The number of likely N-dealkylation sites (N-methyl/N-ethyl adjacent to an activating group) is 2. The zero-order valence-corrected chi connectivity index (χ0v) is 25.7. The topological polar surface area (TPSA) is 159 Å². The monoisotopic (exact) mass is 674 g/mol. The Morgan fingerprint density at radius 1 is 0.761 bits per heavy atom. The van der Waals surface area contributed by atoms with Crippen molar-refractivity contribution in [3.8, 4) is 0 Å². The van der Waals surface area contributed by atoms with Gasteiger partial charge in [-0.05, 0) is 36.4 Å². The number of nitrogens with two attached hydrogens (primary N) is 1. The second-order valence-corrected chi connectivity index (χ2v) is 13.4. The number of hydrogen-bond acceptors (Lipinski definition) is 6. The van der Waals surface area contributed by atoms with Crippen LogP contribution in [0.4, 0.5) is 26.3 Å². The van der Waals surface area contributed by atoms with Gasteiger partial charge >= 0.3 is 12.4 Å². The number of aliphatic carboxylic acids is 2. The van der Waals surface area contributed by atoms with E-state index in [4.69, 9.17) is 30.9 Å². The Balaban J connectivity index is 0.000000629. The second-order valence-electron chi connectivity index (χ2n) is 9.80. The van der Waals surface area contributed by atoms with E-state index in [9.17, 15) is 31.1 Å². The van der Waals surface area contributed by atoms with Crippen molar-refractivity contribution < 1.29 is 55.4 Å². The minimum atomic E-state index is -5.19. The molecule has 0 spiro atoms. The molecule has 0 fully saturated rings. The van der Waals surface area contributed by atoms with Gasteiger partial charge in [0.25, 0.3) is 11.9 Å². The molecule has 0 aromatic heterocycles. The Hall–Kier alpha value is -4.49. The highest BCUT2D eigenvalue weighted by atomic mass is 31.2. The van der Waals surface area contributed by atoms with Gasteiger partial charge in [-0.2, -0.15) is 26.3 Å². The fourth-order valence-electron chi connectivity index (χ4n) is 4.22. The molecule has 3 rings (SSSR count). The van der Waals surface area contributed by atoms with Gasteiger partial charge in [-0.3, -0.25) is 9.28 Å². The number of benzene rings is 3. The molecule has 46 heavy (non-hydrogen) atoms. The van der Waals surface area contributed by atoms with Gasteiger partial charge in [0.2, 0.25) is 0 Å². The van der Waals surface area contributed by atoms with E-state index >= 15 is 0 Å². The molecule has 0 bridgehead atoms. The number of halogens is 6. The minimum Gasteiger partial charge on any atom is -0.542 e. The molecule has 3 aromatic carbocycles. The van der Waals surface area contributed by atoms with Crippen molar-refractivity contribution >= 4 is 47.0 Å². The van der Waals surface area contributed by atoms with Gasteiger partial charge in [-0.15, -0.1) is 0 Å². The van der Waals surface area contributed by atoms with Crippen LogP contribution < -0.4 is 37.2 Å². The van der Waals surface area contributed by atoms with Gasteiger partial charge in [0.1, 0.15) is 35.1 Å². The lowest BCUT2D eigenvalue weighted by atomic mass is 10.3. The van der Waals surface area contributed by atoms with Crippen LogP contribution in [0.3, 0.4) is 0 Å². The van der Waals surface area contributed by atoms with Crippen LogP contribution in [0, 0.1) is 5.41 Å². The Morgan fingerprint density at radius 2 is 1.07 bits per heavy atom. The number of alkyl halides is 6. The molecule has 9 nitrogen and oxygen atoms in total. The third-order valence-corrected chi connectivity index (χ3v) is 11.1. The summed E-state index contributed by atoms with van der Waals surface area (Å²) < 4.78 is 63.2. The first kappa shape index (κ1) is 39.5. The number of rotatable bonds is 9. The molecule has 4 N–H and O–H groups in total. The first-order valence-electron chi connectivity index (χ1n) is 13.3. The summed E-state index contributed by atoms with van der Waals surface area (Å²) >= 11 is 0. The smallest absolute Gasteiger partial charge is 0.430 e. The summed E-state index contributed by atoms with van der Waals surface area (Å²) in [5.74, 6) is -6.12. The lowest BCUT2D eigenvalue weighted by Crippen LogP contribution is -2.57. The molecule has 3 aromatic rings. The number of hydrogen-bond donors (Lipinski definition) is 3. The number of carboxylic acid groups (broad SMARTS) is 2. The maximum absolute atomic E-state index is 12.1. The first-order valence-corrected chi connectivity index (χ1v) is 15.3. The number of carboxylic acids is 2. The minimum absolute atomic E-state index is 0.0108. The number of nitrogens with zero attached hydrogens (tertiary/aromatic N) is 1. The Morgan fingerprint density at radius 3 is 1.30 bits per heavy atom. The quantitative estimate of drug-likeness (QED) is 0.101. The molecule has 0 saturated heterocycles. The van der Waals surface area contributed by atoms with E-state index in [-0.39, 0.29) is 22.9 Å². The van der Waals surface area contributed by atoms with E-state index in [1.807, 2.05) is 7.05 Å². The van der Waals surface area contributed by atoms with Crippen molar-refractivity contribution in [2.24, 2.45) is 5.73 Å². The van der Waals surface area contributed by atoms with Crippen LogP contribution in [0.1, 0.15) is 6.42 Å². The van der Waals surface area contributed by atoms with Crippen molar-refractivity contribution in [1.82, 2.24) is 5.32 Å². The molecular weight excluding hydrogens is 641 g/mol. The highest BCUT2D eigenvalue weighted by Gasteiger charge is 2.45. The van der Waals surface area contributed by atoms with Crippen molar-refractivity contribution in [2.75, 3.05) is 33.3 Å². The summed E-state index contributed by atoms with van der Waals surface area (Å²) in [6, 6.07) is 32.2. The number of nitrogens with one attached hydrogen (secondary N) is 2. The maximum atomic E-state index is 12.1. The predicted molar refractivity (Wildman–Crippen MR) is 159 cm³/mol. The van der Waals surface area contributed by atoms with Gasteiger partial charge in [0.05, 0.1) is 19.8 Å². The number of quaternary nitrogens is 1. The molecule has 0 saturated carbocycles. The van der Waals surface area contributed by atoms with Crippen LogP contribution in [-0.2, 0) is 14.4 Å². The molecule has 0 radical (unpaired) electrons. The van der Waals surface area contributed by atoms with Gasteiger partial charge in [-0.1, -0.05) is 54.6 Å². The summed E-state index contributed by atoms with van der Waals surface area (Å²) in [6.45, 7) is 0.788. The SMILES string of the molecule is CNC(=O)C[N+](C)(CCC[P+](c1ccccc1)(c1ccccc1)c1ccccc1)C(=N)N.O=C([O-])C(F)(F)F.O=C([O-])C(F)(F)F. The lowest BCUT2D eigenvalue weighted by Gasteiger charge is -2.32. The summed E-state index contributed by atoms with van der Waals surface area (Å²) in [7, 11) is 1.55. The van der Waals surface area contributed by atoms with Crippen LogP contribution in [0.25, 0.3) is 0 Å². The second kappa shape index (κ2) is 17.3. The van der Waals surface area contributed by atoms with E-state index in [1.54, 1.807) is 7.05 Å². The molecule has 16 heteroatoms. The molecule has 250 valence electrons. The van der Waals surface area contributed by atoms with Crippen LogP contribution in [0.15, 0.2) is 91.0 Å². The highest BCUT2D eigenvalue weighted by Crippen LogP contribution is 2.55. The van der Waals surface area contributed by atoms with E-state index in [0.717, 1.165) is 12.6 Å². The zero-order valence-electron chi connectivity index (χ0n) is 24.8. The molecular formula is C30H33F6N4O5P. The van der Waals surface area contributed by atoms with Crippen LogP contribution in [0.2, 0.25) is 0 Å². The van der Waals surface area contributed by atoms with E-state index in [2.05, 4.69) is 96.3 Å². The number of guanidine groups is 1. The first-order chi connectivity index (χ1) is 21.3. The molecule has 1 atom stereocenters. The predicted octanol–water partition coefficient (Wildman–Crippen LogP) is 1.05. The maximum Gasteiger partial charge on any atom is 0.430 e. The Kier molecular flexibility index (Phi) is 14.8. The number of carbonyl (C=O) groups is 3. The molecule has 1 unspecified atom stereocenters. The summed E-state index contributed by atoms with van der Waals surface area (Å²) in [5, 5.41) is 32.4. The van der Waals surface area contributed by atoms with Crippen LogP contribution in [0.5, 0.6) is 0 Å². The van der Waals surface area contributed by atoms with Crippen molar-refractivity contribution in [3.05, 3.63) is 91.0 Å². The Bertz CT molecular complexity index is 1310. The third-order valence-electron chi connectivity index (χ3n) is 6.55. The van der Waals surface area contributed by atoms with E-state index in [0.29, 0.717) is 6.54 Å². The third kappa shape index (κ3) is 11.8. The van der Waals surface area contributed by atoms with E-state index in [1.165, 1.54) is 15.9 Å². The number of amides is 1. The summed E-state index contributed by atoms with van der Waals surface area (Å²) in [4.78, 5) is 29.7. The standard InChI is InChI=1S/C26H32N4OP.2C2HF3O2/c1-29-25(31)21-30(2,26(27)28)19-12-20-32(22-13-6-3-7-14-22,23-15-8-4-9-16-23)24-17-10-5-11-18-24;2*3-2(4,5)1(6)7/h3-11,13-18H,12,19-21H2,1-2H3,(H3-,27,28,29,31);2*(H,6,7)/q+1;;/p-1. The number of carbonyl (C=O) groups excluding carboxylic acids is 3. The van der Waals surface area contributed by atoms with Crippen molar-refractivity contribution in [2.45, 2.75) is 18.8 Å². The Labute approximate surface area is 262 Å². The summed E-state index contributed by atoms with van der Waals surface area (Å²) in [5.41, 5.74) is 5.94. The largest absolute Gasteiger partial charge is 0.542 e. The van der Waals surface area contributed by atoms with Crippen LogP contribution >= 0.6 is 7.26 Å². The molecule has 0 aliphatic heterocycles. The average Bonchev–Trinajstić information content (AvgIpc) is 3.00. The lowest BCUT2D eigenvalue weighted by molar-refractivity contribution is -0.814. The van der Waals surface area contributed by atoms with Gasteiger partial charge < -0.3 is 30.9 Å². The zero-order chi connectivity index (χ0) is 35.2. The van der Waals surface area contributed by atoms with E-state index < -0.39 is 31.6 Å². The van der Waals surface area contributed by atoms with Gasteiger partial charge in [-0.25, -0.2) is 5.41 Å². The fourth-order valence-corrected chi connectivity index (χ4v) is 8.55. The highest BCUT2D eigenvalue weighted by molar-refractivity contribution is 7.95. The molecule has 0 heterocycles. The van der Waals surface area contributed by atoms with Crippen molar-refractivity contribution in [3.63, 3.8) is 0 Å². The average molecular weight is 675 g/mol. The summed E-state index contributed by atoms with van der Waals surface area (Å²) in [6.07, 6.45) is -8.63. The van der Waals surface area contributed by atoms with Gasteiger partial charge in [0, 0.05) is 13.5 Å².